The van der Waals surface area contributed by atoms with Crippen molar-refractivity contribution in [2.45, 2.75) is 32.9 Å². The Kier molecular flexibility index (Phi) is 4.11. The molecule has 94 valence electrons. The van der Waals surface area contributed by atoms with Crippen LogP contribution >= 0.6 is 23.6 Å². The van der Waals surface area contributed by atoms with Crippen LogP contribution in [0.1, 0.15) is 30.4 Å². The Hall–Kier alpha value is -1.14. The Balaban J connectivity index is 3.08. The Morgan fingerprint density at radius 2 is 2.24 bits per heavy atom. The first kappa shape index (κ1) is 13.9. The Morgan fingerprint density at radius 3 is 2.71 bits per heavy atom. The molecule has 1 aromatic rings. The molecule has 0 radical (unpaired) electrons. The number of thiazole rings is 1. The Morgan fingerprint density at radius 1 is 1.65 bits per heavy atom. The van der Waals surface area contributed by atoms with Crippen LogP contribution in [0.5, 0.6) is 0 Å². The third-order valence-corrected chi connectivity index (χ3v) is 3.27. The smallest absolute Gasteiger partial charge is 0.352 e. The van der Waals surface area contributed by atoms with Gasteiger partial charge in [-0.2, -0.15) is 0 Å². The van der Waals surface area contributed by atoms with Crippen LogP contribution < -0.4 is 5.73 Å². The van der Waals surface area contributed by atoms with Gasteiger partial charge in [-0.25, -0.2) is 4.79 Å². The van der Waals surface area contributed by atoms with Crippen molar-refractivity contribution in [3.8, 4) is 0 Å². The number of anilines is 1. The van der Waals surface area contributed by atoms with Crippen molar-refractivity contribution in [3.63, 3.8) is 0 Å². The van der Waals surface area contributed by atoms with Crippen LogP contribution in [0, 0.1) is 3.95 Å². The van der Waals surface area contributed by atoms with Crippen LogP contribution in [0.3, 0.4) is 0 Å². The lowest BCUT2D eigenvalue weighted by Crippen LogP contribution is -2.24. The number of nitrogen functional groups attached to an aromatic ring is 1. The second-order valence-electron chi connectivity index (χ2n) is 4.48. The topological polar surface area (TPSA) is 57.2 Å². The van der Waals surface area contributed by atoms with Crippen molar-refractivity contribution in [2.75, 3.05) is 5.73 Å². The van der Waals surface area contributed by atoms with Crippen molar-refractivity contribution in [3.05, 3.63) is 21.5 Å². The highest BCUT2D eigenvalue weighted by Gasteiger charge is 2.23. The molecule has 1 rings (SSSR count). The number of aromatic nitrogens is 1. The molecule has 0 saturated heterocycles. The minimum Gasteiger partial charge on any atom is -0.456 e. The molecule has 0 aromatic carbocycles. The van der Waals surface area contributed by atoms with Gasteiger partial charge in [-0.15, -0.1) is 6.58 Å². The molecule has 0 spiro atoms. The van der Waals surface area contributed by atoms with Crippen molar-refractivity contribution in [1.82, 2.24) is 4.57 Å². The second-order valence-corrected chi connectivity index (χ2v) is 6.13. The predicted octanol–water partition coefficient (Wildman–Crippen LogP) is 3.00. The molecular formula is C11H16N2O2S2. The van der Waals surface area contributed by atoms with E-state index in [0.29, 0.717) is 21.2 Å². The molecule has 0 saturated carbocycles. The van der Waals surface area contributed by atoms with E-state index >= 15 is 0 Å². The normalized spacial score (nSPS) is 11.2. The van der Waals surface area contributed by atoms with Crippen molar-refractivity contribution in [2.24, 2.45) is 0 Å². The highest BCUT2D eigenvalue weighted by atomic mass is 32.1. The summed E-state index contributed by atoms with van der Waals surface area (Å²) in [6.07, 6.45) is 1.68. The molecule has 4 nitrogen and oxygen atoms in total. The van der Waals surface area contributed by atoms with Crippen molar-refractivity contribution >= 4 is 35.3 Å². The maximum absolute atomic E-state index is 11.9. The zero-order valence-corrected chi connectivity index (χ0v) is 11.8. The van der Waals surface area contributed by atoms with E-state index in [4.69, 9.17) is 22.7 Å². The molecule has 0 aliphatic heterocycles. The first-order chi connectivity index (χ1) is 7.76. The van der Waals surface area contributed by atoms with Crippen LogP contribution in [0.15, 0.2) is 12.7 Å². The number of carbonyl (C=O) groups is 1. The average molecular weight is 272 g/mol. The monoisotopic (exact) mass is 272 g/mol. The molecule has 6 heteroatoms. The van der Waals surface area contributed by atoms with Gasteiger partial charge in [0.05, 0.1) is 0 Å². The van der Waals surface area contributed by atoms with Crippen LogP contribution in [0.25, 0.3) is 0 Å². The molecule has 0 aliphatic rings. The molecule has 0 aliphatic carbocycles. The number of hydrogen-bond donors (Lipinski definition) is 1. The summed E-state index contributed by atoms with van der Waals surface area (Å²) in [5.74, 6) is -0.0944. The zero-order valence-electron chi connectivity index (χ0n) is 10.1. The van der Waals surface area contributed by atoms with Crippen LogP contribution in [0.4, 0.5) is 5.82 Å². The molecule has 0 atom stereocenters. The maximum Gasteiger partial charge on any atom is 0.352 e. The molecule has 0 unspecified atom stereocenters. The van der Waals surface area contributed by atoms with E-state index in [1.165, 1.54) is 0 Å². The molecular weight excluding hydrogens is 256 g/mol. The lowest BCUT2D eigenvalue weighted by molar-refractivity contribution is 0.00760. The summed E-state index contributed by atoms with van der Waals surface area (Å²) in [7, 11) is 0. The Bertz CT molecular complexity index is 495. The van der Waals surface area contributed by atoms with Gasteiger partial charge < -0.3 is 15.0 Å². The minimum absolute atomic E-state index is 0.342. The maximum atomic E-state index is 11.9. The van der Waals surface area contributed by atoms with E-state index in [1.54, 1.807) is 31.4 Å². The van der Waals surface area contributed by atoms with Crippen molar-refractivity contribution < 1.29 is 9.53 Å². The number of carbonyl (C=O) groups excluding carboxylic acids is 1. The van der Waals surface area contributed by atoms with Crippen LogP contribution in [-0.2, 0) is 11.3 Å². The third kappa shape index (κ3) is 3.41. The molecule has 0 fully saturated rings. The molecule has 2 N–H and O–H groups in total. The van der Waals surface area contributed by atoms with E-state index in [9.17, 15) is 4.79 Å². The first-order valence-corrected chi connectivity index (χ1v) is 6.32. The number of allylic oxidation sites excluding steroid dienone is 1. The molecule has 0 bridgehead atoms. The molecule has 0 amide bonds. The SMILES string of the molecule is C=CCn1c(N)c(C(=O)OC(C)(C)C)sc1=S. The fourth-order valence-electron chi connectivity index (χ4n) is 1.19. The first-order valence-electron chi connectivity index (χ1n) is 5.09. The minimum atomic E-state index is -0.543. The lowest BCUT2D eigenvalue weighted by Gasteiger charge is -2.18. The van der Waals surface area contributed by atoms with Gasteiger partial charge in [-0.05, 0) is 33.0 Å². The fraction of sp³-hybridized carbons (Fsp3) is 0.455. The second kappa shape index (κ2) is 5.01. The number of esters is 1. The number of nitrogens with two attached hydrogens (primary N) is 1. The number of ether oxygens (including phenoxy) is 1. The molecule has 1 heterocycles. The summed E-state index contributed by atoms with van der Waals surface area (Å²) >= 11 is 6.29. The van der Waals surface area contributed by atoms with E-state index in [-0.39, 0.29) is 0 Å². The van der Waals surface area contributed by atoms with Crippen LogP contribution in [0.2, 0.25) is 0 Å². The van der Waals surface area contributed by atoms with Gasteiger partial charge in [0.1, 0.15) is 11.4 Å². The largest absolute Gasteiger partial charge is 0.456 e. The highest BCUT2D eigenvalue weighted by molar-refractivity contribution is 7.73. The summed E-state index contributed by atoms with van der Waals surface area (Å²) in [5.41, 5.74) is 5.32. The van der Waals surface area contributed by atoms with Gasteiger partial charge in [0.25, 0.3) is 0 Å². The quantitative estimate of drug-likeness (QED) is 0.522. The molecule has 1 aromatic heterocycles. The number of rotatable bonds is 3. The third-order valence-electron chi connectivity index (χ3n) is 1.83. The lowest BCUT2D eigenvalue weighted by atomic mass is 10.2. The van der Waals surface area contributed by atoms with E-state index in [1.807, 2.05) is 0 Å². The number of nitrogens with zero attached hydrogens (tertiary/aromatic N) is 1. The van der Waals surface area contributed by atoms with Gasteiger partial charge in [0.2, 0.25) is 0 Å². The van der Waals surface area contributed by atoms with E-state index in [2.05, 4.69) is 6.58 Å². The van der Waals surface area contributed by atoms with Crippen LogP contribution in [-0.4, -0.2) is 16.1 Å². The summed E-state index contributed by atoms with van der Waals surface area (Å²) in [4.78, 5) is 12.2. The van der Waals surface area contributed by atoms with E-state index in [0.717, 1.165) is 11.3 Å². The highest BCUT2D eigenvalue weighted by Crippen LogP contribution is 2.24. The van der Waals surface area contributed by atoms with Gasteiger partial charge in [0, 0.05) is 6.54 Å². The average Bonchev–Trinajstić information content (AvgIpc) is 2.43. The van der Waals surface area contributed by atoms with E-state index < -0.39 is 11.6 Å². The summed E-state index contributed by atoms with van der Waals surface area (Å²) in [5, 5.41) is 0. The predicted molar refractivity (Wildman–Crippen MR) is 72.9 cm³/mol. The van der Waals surface area contributed by atoms with Gasteiger partial charge in [-0.3, -0.25) is 0 Å². The summed E-state index contributed by atoms with van der Waals surface area (Å²) in [6, 6.07) is 0. The number of hydrogen-bond acceptors (Lipinski definition) is 5. The standard InChI is InChI=1S/C11H16N2O2S2/c1-5-6-13-8(12)7(17-10(13)16)9(14)15-11(2,3)4/h5H,1,6,12H2,2-4H3. The Labute approximate surface area is 110 Å². The fourth-order valence-corrected chi connectivity index (χ4v) is 2.41. The summed E-state index contributed by atoms with van der Waals surface area (Å²) in [6.45, 7) is 9.53. The van der Waals surface area contributed by atoms with Crippen molar-refractivity contribution in [1.29, 1.82) is 0 Å². The van der Waals surface area contributed by atoms with Gasteiger partial charge >= 0.3 is 5.97 Å². The summed E-state index contributed by atoms with van der Waals surface area (Å²) < 4.78 is 7.46. The van der Waals surface area contributed by atoms with Gasteiger partial charge in [0.15, 0.2) is 8.83 Å². The zero-order chi connectivity index (χ0) is 13.2. The van der Waals surface area contributed by atoms with Gasteiger partial charge in [-0.1, -0.05) is 17.4 Å². The molecule has 17 heavy (non-hydrogen) atoms.